The summed E-state index contributed by atoms with van der Waals surface area (Å²) in [6.07, 6.45) is 2.93. The van der Waals surface area contributed by atoms with Crippen LogP contribution in [-0.2, 0) is 17.7 Å². The van der Waals surface area contributed by atoms with Gasteiger partial charge in [0.2, 0.25) is 0 Å². The summed E-state index contributed by atoms with van der Waals surface area (Å²) >= 11 is 6.46. The van der Waals surface area contributed by atoms with E-state index in [4.69, 9.17) is 26.1 Å². The van der Waals surface area contributed by atoms with Crippen molar-refractivity contribution in [3.63, 3.8) is 0 Å². The topological polar surface area (TPSA) is 43.4 Å². The number of ether oxygens (including phenoxy) is 2. The maximum Gasteiger partial charge on any atom is 0.171 e. The lowest BCUT2D eigenvalue weighted by atomic mass is 9.77. The molecule has 0 saturated heterocycles. The lowest BCUT2D eigenvalue weighted by Gasteiger charge is -2.34. The molecule has 0 amide bonds. The number of hydrogen-bond donors (Lipinski definition) is 1. The van der Waals surface area contributed by atoms with Crippen LogP contribution < -0.4 is 10.1 Å². The molecule has 0 aliphatic heterocycles. The van der Waals surface area contributed by atoms with Gasteiger partial charge in [0.25, 0.3) is 0 Å². The van der Waals surface area contributed by atoms with Gasteiger partial charge < -0.3 is 14.8 Å². The highest BCUT2D eigenvalue weighted by molar-refractivity contribution is 6.30. The van der Waals surface area contributed by atoms with Crippen LogP contribution in [0.25, 0.3) is 0 Å². The van der Waals surface area contributed by atoms with Gasteiger partial charge in [-0.15, -0.1) is 0 Å². The third-order valence-corrected chi connectivity index (χ3v) is 5.77. The van der Waals surface area contributed by atoms with E-state index in [-0.39, 0.29) is 6.04 Å². The fourth-order valence-electron chi connectivity index (χ4n) is 3.78. The van der Waals surface area contributed by atoms with Gasteiger partial charge in [-0.25, -0.2) is 4.98 Å². The number of nitrogens with one attached hydrogen (secondary N) is 1. The number of benzene rings is 1. The zero-order valence-electron chi connectivity index (χ0n) is 17.1. The second-order valence-corrected chi connectivity index (χ2v) is 8.24. The Morgan fingerprint density at radius 2 is 2.00 bits per heavy atom. The second-order valence-electron chi connectivity index (χ2n) is 7.88. The highest BCUT2D eigenvalue weighted by Crippen LogP contribution is 2.39. The first-order valence-corrected chi connectivity index (χ1v) is 10.5. The molecule has 152 valence electrons. The van der Waals surface area contributed by atoms with Crippen molar-refractivity contribution in [2.24, 2.45) is 11.8 Å². The predicted molar refractivity (Wildman–Crippen MR) is 114 cm³/mol. The lowest BCUT2D eigenvalue weighted by Crippen LogP contribution is -2.32. The quantitative estimate of drug-likeness (QED) is 0.462. The van der Waals surface area contributed by atoms with Crippen LogP contribution in [0.15, 0.2) is 36.4 Å². The molecule has 4 nitrogen and oxygen atoms in total. The van der Waals surface area contributed by atoms with Crippen molar-refractivity contribution in [2.45, 2.75) is 45.7 Å². The third-order valence-electron chi connectivity index (χ3n) is 5.50. The van der Waals surface area contributed by atoms with Crippen LogP contribution in [0.3, 0.4) is 0 Å². The van der Waals surface area contributed by atoms with Gasteiger partial charge in [-0.1, -0.05) is 55.8 Å². The molecule has 2 unspecified atom stereocenters. The molecule has 0 saturated carbocycles. The Bertz CT molecular complexity index is 752. The van der Waals surface area contributed by atoms with E-state index in [2.05, 4.69) is 49.5 Å². The molecular weight excluding hydrogens is 372 g/mol. The van der Waals surface area contributed by atoms with E-state index in [9.17, 15) is 0 Å². The van der Waals surface area contributed by atoms with Gasteiger partial charge in [-0.3, -0.25) is 0 Å². The molecule has 5 heteroatoms. The average Bonchev–Trinajstić information content (AvgIpc) is 2.70. The molecule has 0 spiro atoms. The number of fused-ring (bicyclic) bond motifs is 1. The molecule has 1 N–H and O–H groups in total. The van der Waals surface area contributed by atoms with Crippen LogP contribution >= 0.6 is 11.6 Å². The zero-order chi connectivity index (χ0) is 19.9. The van der Waals surface area contributed by atoms with Gasteiger partial charge in [0.1, 0.15) is 0 Å². The van der Waals surface area contributed by atoms with Crippen LogP contribution in [0, 0.1) is 11.8 Å². The molecule has 1 aromatic carbocycles. The fraction of sp³-hybridized carbons (Fsp3) is 0.522. The third kappa shape index (κ3) is 5.47. The maximum atomic E-state index is 6.46. The number of hydrogen-bond acceptors (Lipinski definition) is 4. The minimum absolute atomic E-state index is 0.205. The van der Waals surface area contributed by atoms with Gasteiger partial charge >= 0.3 is 0 Å². The summed E-state index contributed by atoms with van der Waals surface area (Å²) in [5, 5.41) is 4.16. The number of methoxy groups -OCH3 is 1. The Labute approximate surface area is 173 Å². The monoisotopic (exact) mass is 402 g/mol. The standard InChI is InChI=1S/C23H31ClN2O2/c1-16(2)18-12-19-14-21(28-11-7-10-27-3)23(24)26-22(19)20(13-18)25-15-17-8-5-4-6-9-17/h4-6,8-9,14,16,18,20,25H,7,10-13,15H2,1-3H3. The van der Waals surface area contributed by atoms with Gasteiger partial charge in [-0.2, -0.15) is 0 Å². The van der Waals surface area contributed by atoms with Crippen molar-refractivity contribution in [2.75, 3.05) is 20.3 Å². The van der Waals surface area contributed by atoms with Gasteiger partial charge in [0.05, 0.1) is 18.3 Å². The molecule has 1 aliphatic carbocycles. The second kappa shape index (κ2) is 10.2. The Balaban J connectivity index is 1.77. The van der Waals surface area contributed by atoms with E-state index >= 15 is 0 Å². The van der Waals surface area contributed by atoms with E-state index in [1.165, 1.54) is 11.1 Å². The predicted octanol–water partition coefficient (Wildman–Crippen LogP) is 5.20. The number of aromatic nitrogens is 1. The maximum absolute atomic E-state index is 6.46. The highest BCUT2D eigenvalue weighted by Gasteiger charge is 2.31. The summed E-state index contributed by atoms with van der Waals surface area (Å²) < 4.78 is 11.0. The van der Waals surface area contributed by atoms with Crippen LogP contribution in [0.5, 0.6) is 5.75 Å². The van der Waals surface area contributed by atoms with Crippen molar-refractivity contribution < 1.29 is 9.47 Å². The SMILES string of the molecule is COCCCOc1cc2c(nc1Cl)C(NCc1ccccc1)CC(C(C)C)C2. The van der Waals surface area contributed by atoms with Crippen molar-refractivity contribution in [1.82, 2.24) is 10.3 Å². The molecule has 0 fully saturated rings. The molecule has 2 atom stereocenters. The Morgan fingerprint density at radius 3 is 2.71 bits per heavy atom. The van der Waals surface area contributed by atoms with Crippen molar-refractivity contribution >= 4 is 11.6 Å². The normalized spacial score (nSPS) is 18.9. The van der Waals surface area contributed by atoms with E-state index < -0.39 is 0 Å². The number of halogens is 1. The number of nitrogens with zero attached hydrogens (tertiary/aromatic N) is 1. The molecule has 1 aromatic heterocycles. The average molecular weight is 403 g/mol. The van der Waals surface area contributed by atoms with Crippen LogP contribution in [-0.4, -0.2) is 25.3 Å². The fourth-order valence-corrected chi connectivity index (χ4v) is 3.98. The van der Waals surface area contributed by atoms with Crippen LogP contribution in [0.4, 0.5) is 0 Å². The zero-order valence-corrected chi connectivity index (χ0v) is 17.8. The molecule has 3 rings (SSSR count). The molecule has 0 bridgehead atoms. The van der Waals surface area contributed by atoms with Crippen molar-refractivity contribution in [3.8, 4) is 5.75 Å². The van der Waals surface area contributed by atoms with Crippen molar-refractivity contribution in [1.29, 1.82) is 0 Å². The summed E-state index contributed by atoms with van der Waals surface area (Å²) in [6, 6.07) is 12.8. The molecule has 1 heterocycles. The van der Waals surface area contributed by atoms with Gasteiger partial charge in [0, 0.05) is 26.7 Å². The molecular formula is C23H31ClN2O2. The van der Waals surface area contributed by atoms with E-state index in [0.717, 1.165) is 31.5 Å². The highest BCUT2D eigenvalue weighted by atomic mass is 35.5. The molecule has 1 aliphatic rings. The summed E-state index contributed by atoms with van der Waals surface area (Å²) in [5.74, 6) is 1.92. The molecule has 0 radical (unpaired) electrons. The minimum Gasteiger partial charge on any atom is -0.490 e. The van der Waals surface area contributed by atoms with Gasteiger partial charge in [-0.05, 0) is 41.9 Å². The Morgan fingerprint density at radius 1 is 1.21 bits per heavy atom. The Hall–Kier alpha value is -1.62. The summed E-state index contributed by atoms with van der Waals surface area (Å²) in [5.41, 5.74) is 3.60. The van der Waals surface area contributed by atoms with E-state index in [1.54, 1.807) is 7.11 Å². The van der Waals surface area contributed by atoms with Crippen LogP contribution in [0.2, 0.25) is 5.15 Å². The summed E-state index contributed by atoms with van der Waals surface area (Å²) in [4.78, 5) is 4.75. The summed E-state index contributed by atoms with van der Waals surface area (Å²) in [6.45, 7) is 6.68. The van der Waals surface area contributed by atoms with Gasteiger partial charge in [0.15, 0.2) is 10.9 Å². The first kappa shape index (κ1) is 21.1. The van der Waals surface area contributed by atoms with Crippen LogP contribution in [0.1, 0.15) is 49.6 Å². The molecule has 28 heavy (non-hydrogen) atoms. The Kier molecular flexibility index (Phi) is 7.72. The minimum atomic E-state index is 0.205. The largest absolute Gasteiger partial charge is 0.490 e. The lowest BCUT2D eigenvalue weighted by molar-refractivity contribution is 0.172. The summed E-state index contributed by atoms with van der Waals surface area (Å²) in [7, 11) is 1.70. The molecule has 2 aromatic rings. The smallest absolute Gasteiger partial charge is 0.171 e. The first-order chi connectivity index (χ1) is 13.6. The number of pyridine rings is 1. The first-order valence-electron chi connectivity index (χ1n) is 10.2. The van der Waals surface area contributed by atoms with Crippen molar-refractivity contribution in [3.05, 3.63) is 58.4 Å². The van der Waals surface area contributed by atoms with E-state index in [0.29, 0.717) is 36.0 Å². The van der Waals surface area contributed by atoms with E-state index in [1.807, 2.05) is 6.07 Å². The number of rotatable bonds is 9.